The first-order chi connectivity index (χ1) is 11.9. The van der Waals surface area contributed by atoms with E-state index in [0.29, 0.717) is 0 Å². The van der Waals surface area contributed by atoms with E-state index in [9.17, 15) is 0 Å². The van der Waals surface area contributed by atoms with Crippen LogP contribution in [0.5, 0.6) is 5.75 Å². The zero-order valence-corrected chi connectivity index (χ0v) is 15.5. The van der Waals surface area contributed by atoms with Gasteiger partial charge in [-0.25, -0.2) is 4.37 Å². The average molecular weight is 345 g/mol. The molecule has 0 radical (unpaired) electrons. The van der Waals surface area contributed by atoms with Crippen molar-refractivity contribution >= 4 is 11.5 Å². The van der Waals surface area contributed by atoms with Gasteiger partial charge in [0.15, 0.2) is 0 Å². The molecule has 24 heavy (non-hydrogen) atoms. The molecule has 0 aliphatic carbocycles. The SMILES string of the molecule is CCCCN1CCc2cccc(OCCCc3cnsc3)c2CC1. The normalized spacial score (nSPS) is 15.0. The van der Waals surface area contributed by atoms with Gasteiger partial charge in [0.2, 0.25) is 0 Å². The molecular weight excluding hydrogens is 316 g/mol. The molecule has 130 valence electrons. The lowest BCUT2D eigenvalue weighted by Gasteiger charge is -2.19. The number of rotatable bonds is 8. The molecular formula is C20H28N2OS. The number of ether oxygens (including phenoxy) is 1. The van der Waals surface area contributed by atoms with Crippen LogP contribution < -0.4 is 4.74 Å². The molecule has 0 fully saturated rings. The van der Waals surface area contributed by atoms with Crippen molar-refractivity contribution in [2.24, 2.45) is 0 Å². The van der Waals surface area contributed by atoms with E-state index in [1.54, 1.807) is 0 Å². The molecule has 0 saturated heterocycles. The molecule has 0 saturated carbocycles. The largest absolute Gasteiger partial charge is 0.493 e. The van der Waals surface area contributed by atoms with Crippen molar-refractivity contribution in [1.82, 2.24) is 9.27 Å². The predicted octanol–water partition coefficient (Wildman–Crippen LogP) is 4.36. The van der Waals surface area contributed by atoms with Crippen molar-refractivity contribution in [3.63, 3.8) is 0 Å². The van der Waals surface area contributed by atoms with Crippen LogP contribution in [0.2, 0.25) is 0 Å². The summed E-state index contributed by atoms with van der Waals surface area (Å²) in [5, 5.41) is 2.12. The van der Waals surface area contributed by atoms with Gasteiger partial charge in [-0.1, -0.05) is 25.5 Å². The average Bonchev–Trinajstić information content (AvgIpc) is 3.03. The molecule has 0 bridgehead atoms. The van der Waals surface area contributed by atoms with Crippen LogP contribution in [-0.4, -0.2) is 35.5 Å². The van der Waals surface area contributed by atoms with Crippen LogP contribution in [0, 0.1) is 0 Å². The highest BCUT2D eigenvalue weighted by Gasteiger charge is 2.16. The topological polar surface area (TPSA) is 25.4 Å². The lowest BCUT2D eigenvalue weighted by atomic mass is 10.0. The Labute approximate surface area is 149 Å². The number of hydrogen-bond donors (Lipinski definition) is 0. The van der Waals surface area contributed by atoms with E-state index in [1.807, 2.05) is 6.20 Å². The number of unbranched alkanes of at least 4 members (excludes halogenated alkanes) is 1. The second kappa shape index (κ2) is 9.19. The number of hydrogen-bond acceptors (Lipinski definition) is 4. The van der Waals surface area contributed by atoms with Gasteiger partial charge < -0.3 is 9.64 Å². The van der Waals surface area contributed by atoms with Gasteiger partial charge in [-0.3, -0.25) is 0 Å². The Kier molecular flexibility index (Phi) is 6.67. The summed E-state index contributed by atoms with van der Waals surface area (Å²) in [5.74, 6) is 1.10. The van der Waals surface area contributed by atoms with Gasteiger partial charge in [0, 0.05) is 24.7 Å². The highest BCUT2D eigenvalue weighted by molar-refractivity contribution is 7.03. The van der Waals surface area contributed by atoms with E-state index >= 15 is 0 Å². The molecule has 2 heterocycles. The van der Waals surface area contributed by atoms with Crippen LogP contribution in [0.1, 0.15) is 42.9 Å². The third kappa shape index (κ3) is 4.81. The van der Waals surface area contributed by atoms with E-state index in [1.165, 1.54) is 54.2 Å². The van der Waals surface area contributed by atoms with Gasteiger partial charge in [-0.2, -0.15) is 0 Å². The standard InChI is InChI=1S/C20H28N2OS/c1-2-3-11-22-12-9-18-7-4-8-20(19(18)10-13-22)23-14-5-6-17-15-21-24-16-17/h4,7-8,15-16H,2-3,5-6,9-14H2,1H3. The highest BCUT2D eigenvalue weighted by Crippen LogP contribution is 2.26. The maximum absolute atomic E-state index is 6.14. The van der Waals surface area contributed by atoms with Gasteiger partial charge in [0.1, 0.15) is 5.75 Å². The van der Waals surface area contributed by atoms with Gasteiger partial charge in [0.05, 0.1) is 6.61 Å². The fraction of sp³-hybridized carbons (Fsp3) is 0.550. The Balaban J connectivity index is 1.54. The molecule has 1 aliphatic heterocycles. The lowest BCUT2D eigenvalue weighted by molar-refractivity contribution is 0.280. The summed E-state index contributed by atoms with van der Waals surface area (Å²) in [7, 11) is 0. The van der Waals surface area contributed by atoms with E-state index in [4.69, 9.17) is 4.74 Å². The molecule has 0 unspecified atom stereocenters. The minimum Gasteiger partial charge on any atom is -0.493 e. The highest BCUT2D eigenvalue weighted by atomic mass is 32.1. The Morgan fingerprint density at radius 2 is 2.12 bits per heavy atom. The summed E-state index contributed by atoms with van der Waals surface area (Å²) in [6, 6.07) is 6.58. The molecule has 4 heteroatoms. The maximum atomic E-state index is 6.14. The Morgan fingerprint density at radius 3 is 2.96 bits per heavy atom. The van der Waals surface area contributed by atoms with Crippen molar-refractivity contribution < 1.29 is 4.74 Å². The predicted molar refractivity (Wildman–Crippen MR) is 101 cm³/mol. The minimum absolute atomic E-state index is 0.784. The van der Waals surface area contributed by atoms with Crippen LogP contribution >= 0.6 is 11.5 Å². The monoisotopic (exact) mass is 344 g/mol. The van der Waals surface area contributed by atoms with E-state index in [-0.39, 0.29) is 0 Å². The number of benzene rings is 1. The first-order valence-electron chi connectivity index (χ1n) is 9.21. The third-order valence-corrected chi connectivity index (χ3v) is 5.42. The summed E-state index contributed by atoms with van der Waals surface area (Å²) in [6.07, 6.45) is 8.90. The first kappa shape index (κ1) is 17.4. The number of nitrogens with zero attached hydrogens (tertiary/aromatic N) is 2. The summed E-state index contributed by atoms with van der Waals surface area (Å²) >= 11 is 1.53. The molecule has 1 aliphatic rings. The number of aromatic nitrogens is 1. The van der Waals surface area contributed by atoms with Crippen molar-refractivity contribution in [3.05, 3.63) is 46.5 Å². The fourth-order valence-electron chi connectivity index (χ4n) is 3.34. The van der Waals surface area contributed by atoms with E-state index in [2.05, 4.69) is 39.8 Å². The van der Waals surface area contributed by atoms with Gasteiger partial charge >= 0.3 is 0 Å². The maximum Gasteiger partial charge on any atom is 0.122 e. The van der Waals surface area contributed by atoms with Crippen molar-refractivity contribution in [3.8, 4) is 5.75 Å². The van der Waals surface area contributed by atoms with Gasteiger partial charge in [-0.15, -0.1) is 0 Å². The summed E-state index contributed by atoms with van der Waals surface area (Å²) in [6.45, 7) is 6.63. The summed E-state index contributed by atoms with van der Waals surface area (Å²) in [5.41, 5.74) is 4.24. The molecule has 0 amide bonds. The van der Waals surface area contributed by atoms with E-state index in [0.717, 1.165) is 44.6 Å². The zero-order valence-electron chi connectivity index (χ0n) is 14.7. The van der Waals surface area contributed by atoms with Crippen LogP contribution in [-0.2, 0) is 19.3 Å². The number of aryl methyl sites for hydroxylation is 1. The molecule has 0 N–H and O–H groups in total. The second-order valence-electron chi connectivity index (χ2n) is 6.57. The third-order valence-electron chi connectivity index (χ3n) is 4.78. The lowest BCUT2D eigenvalue weighted by Crippen LogP contribution is -2.27. The van der Waals surface area contributed by atoms with Crippen molar-refractivity contribution in [2.45, 2.75) is 45.4 Å². The molecule has 1 aromatic heterocycles. The molecule has 2 aromatic rings. The van der Waals surface area contributed by atoms with Crippen molar-refractivity contribution in [2.75, 3.05) is 26.2 Å². The molecule has 0 spiro atoms. The van der Waals surface area contributed by atoms with Crippen LogP contribution in [0.3, 0.4) is 0 Å². The Morgan fingerprint density at radius 1 is 1.21 bits per heavy atom. The van der Waals surface area contributed by atoms with Crippen molar-refractivity contribution in [1.29, 1.82) is 0 Å². The molecule has 3 rings (SSSR count). The molecule has 3 nitrogen and oxygen atoms in total. The summed E-state index contributed by atoms with van der Waals surface area (Å²) < 4.78 is 10.3. The van der Waals surface area contributed by atoms with Gasteiger partial charge in [-0.05, 0) is 72.9 Å². The smallest absolute Gasteiger partial charge is 0.122 e. The summed E-state index contributed by atoms with van der Waals surface area (Å²) in [4.78, 5) is 2.61. The fourth-order valence-corrected chi connectivity index (χ4v) is 3.91. The molecule has 0 atom stereocenters. The quantitative estimate of drug-likeness (QED) is 0.666. The zero-order chi connectivity index (χ0) is 16.6. The minimum atomic E-state index is 0.784. The van der Waals surface area contributed by atoms with Crippen LogP contribution in [0.4, 0.5) is 0 Å². The van der Waals surface area contributed by atoms with Crippen LogP contribution in [0.15, 0.2) is 29.8 Å². The van der Waals surface area contributed by atoms with Crippen LogP contribution in [0.25, 0.3) is 0 Å². The number of fused-ring (bicyclic) bond motifs is 1. The van der Waals surface area contributed by atoms with E-state index < -0.39 is 0 Å². The Hall–Kier alpha value is -1.39. The molecule has 1 aromatic carbocycles. The second-order valence-corrected chi connectivity index (χ2v) is 7.23. The van der Waals surface area contributed by atoms with Gasteiger partial charge in [0.25, 0.3) is 0 Å². The Bertz CT molecular complexity index is 612. The first-order valence-corrected chi connectivity index (χ1v) is 10.0.